The number of H-pyrrole nitrogens is 1. The van der Waals surface area contributed by atoms with Gasteiger partial charge in [0.2, 0.25) is 11.8 Å². The third-order valence-corrected chi connectivity index (χ3v) is 10.6. The Labute approximate surface area is 343 Å². The molecule has 0 aliphatic carbocycles. The van der Waals surface area contributed by atoms with Crippen LogP contribution in [0.4, 0.5) is 0 Å². The van der Waals surface area contributed by atoms with Crippen LogP contribution < -0.4 is 10.6 Å². The Morgan fingerprint density at radius 1 is 0.776 bits per heavy atom. The molecule has 10 heteroatoms. The molecule has 4 aromatic rings. The van der Waals surface area contributed by atoms with Gasteiger partial charge in [-0.25, -0.2) is 4.79 Å². The number of carbonyl (C=O) groups is 5. The van der Waals surface area contributed by atoms with E-state index in [9.17, 15) is 29.1 Å². The Hall–Kier alpha value is -5.09. The number of fused-ring (bicyclic) bond motifs is 1. The van der Waals surface area contributed by atoms with Crippen molar-refractivity contribution in [2.45, 2.75) is 136 Å². The summed E-state index contributed by atoms with van der Waals surface area (Å²) in [4.78, 5) is 70.8. The Bertz CT molecular complexity index is 1980. The minimum absolute atomic E-state index is 0.111. The first kappa shape index (κ1) is 45.6. The number of rotatable bonds is 23. The van der Waals surface area contributed by atoms with Gasteiger partial charge in [0.25, 0.3) is 0 Å². The van der Waals surface area contributed by atoms with Gasteiger partial charge in [0.15, 0.2) is 11.6 Å². The number of carboxylic acids is 1. The molecule has 0 aliphatic rings. The van der Waals surface area contributed by atoms with E-state index in [2.05, 4.69) is 46.8 Å². The van der Waals surface area contributed by atoms with E-state index in [4.69, 9.17) is 4.74 Å². The first-order chi connectivity index (χ1) is 27.6. The van der Waals surface area contributed by atoms with E-state index < -0.39 is 59.2 Å². The van der Waals surface area contributed by atoms with Crippen LogP contribution in [0.25, 0.3) is 22.0 Å². The van der Waals surface area contributed by atoms with Gasteiger partial charge >= 0.3 is 5.97 Å². The first-order valence-corrected chi connectivity index (χ1v) is 20.9. The van der Waals surface area contributed by atoms with Crippen LogP contribution in [0, 0.1) is 11.8 Å². The van der Waals surface area contributed by atoms with Gasteiger partial charge in [-0.05, 0) is 81.7 Å². The Morgan fingerprint density at radius 3 is 2.03 bits per heavy atom. The number of aryl methyl sites for hydroxylation is 1. The molecule has 0 fully saturated rings. The second kappa shape index (κ2) is 21.6. The number of aromatic nitrogens is 1. The molecule has 58 heavy (non-hydrogen) atoms. The number of hydrogen-bond acceptors (Lipinski definition) is 6. The van der Waals surface area contributed by atoms with E-state index in [0.29, 0.717) is 18.4 Å². The van der Waals surface area contributed by atoms with Crippen molar-refractivity contribution in [2.24, 2.45) is 11.8 Å². The van der Waals surface area contributed by atoms with E-state index in [1.54, 1.807) is 26.0 Å². The fourth-order valence-electron chi connectivity index (χ4n) is 7.31. The number of carboxylic acid groups (broad SMARTS) is 1. The lowest BCUT2D eigenvalue weighted by molar-refractivity contribution is -0.143. The van der Waals surface area contributed by atoms with Crippen LogP contribution in [0.5, 0.6) is 0 Å². The monoisotopic (exact) mass is 793 g/mol. The number of para-hydroxylation sites is 1. The Kier molecular flexibility index (Phi) is 17.0. The van der Waals surface area contributed by atoms with Gasteiger partial charge < -0.3 is 25.5 Å². The van der Waals surface area contributed by atoms with E-state index in [0.717, 1.165) is 59.7 Å². The number of amides is 2. The maximum Gasteiger partial charge on any atom is 0.326 e. The van der Waals surface area contributed by atoms with Crippen molar-refractivity contribution < 1.29 is 33.8 Å². The first-order valence-electron chi connectivity index (χ1n) is 20.9. The third-order valence-electron chi connectivity index (χ3n) is 10.6. The fourth-order valence-corrected chi connectivity index (χ4v) is 7.31. The molecule has 0 radical (unpaired) electrons. The molecule has 4 rings (SSSR count). The number of benzene rings is 3. The van der Waals surface area contributed by atoms with E-state index in [-0.39, 0.29) is 25.0 Å². The van der Waals surface area contributed by atoms with Crippen molar-refractivity contribution in [3.63, 3.8) is 0 Å². The lowest BCUT2D eigenvalue weighted by Gasteiger charge is -2.32. The van der Waals surface area contributed by atoms with Crippen LogP contribution in [-0.2, 0) is 36.8 Å². The number of aliphatic carboxylic acids is 1. The van der Waals surface area contributed by atoms with Gasteiger partial charge in [0.05, 0.1) is 11.7 Å². The molecule has 1 aromatic heterocycles. The molecule has 4 N–H and O–H groups in total. The summed E-state index contributed by atoms with van der Waals surface area (Å²) in [5.74, 6) is -4.52. The molecular formula is C48H63N3O7. The minimum atomic E-state index is -1.14. The highest BCUT2D eigenvalue weighted by atomic mass is 16.5. The van der Waals surface area contributed by atoms with Crippen LogP contribution in [0.3, 0.4) is 0 Å². The maximum absolute atomic E-state index is 14.4. The zero-order valence-electron chi connectivity index (χ0n) is 35.4. The molecule has 5 atom stereocenters. The van der Waals surface area contributed by atoms with E-state index >= 15 is 0 Å². The molecule has 3 aromatic carbocycles. The standard InChI is InChI=1S/C48H63N3O7/c1-8-10-12-18-41(47(56)57)50-45(54)31(3)27-43(53)44(32(4)58-48(5,6)7)51-46(55)37(28-38-30-49-40-17-14-13-16-39(38)40)29-42(52)36-25-23-35(24-26-36)34-21-19-33(20-22-34)15-11-9-2/h13-14,16-17,19-26,30-32,37,41,44,49H,8-12,15,18,27-29H2,1-7H3,(H,50,54)(H,51,55)(H,56,57)/t31-,32-,37-,41+,44+/m1/s1. The summed E-state index contributed by atoms with van der Waals surface area (Å²) in [6.45, 7) is 13.0. The number of hydrogen-bond donors (Lipinski definition) is 4. The highest BCUT2D eigenvalue weighted by Gasteiger charge is 2.35. The normalized spacial score (nSPS) is 14.3. The predicted molar refractivity (Wildman–Crippen MR) is 230 cm³/mol. The van der Waals surface area contributed by atoms with Crippen LogP contribution in [0.1, 0.15) is 121 Å². The quantitative estimate of drug-likeness (QED) is 0.0432. The predicted octanol–water partition coefficient (Wildman–Crippen LogP) is 9.04. The third kappa shape index (κ3) is 13.5. The zero-order valence-corrected chi connectivity index (χ0v) is 35.4. The van der Waals surface area contributed by atoms with Crippen molar-refractivity contribution in [1.82, 2.24) is 15.6 Å². The summed E-state index contributed by atoms with van der Waals surface area (Å²) in [5, 5.41) is 16.2. The number of ether oxygens (including phenoxy) is 1. The highest BCUT2D eigenvalue weighted by molar-refractivity contribution is 6.00. The lowest BCUT2D eigenvalue weighted by atomic mass is 9.89. The van der Waals surface area contributed by atoms with Crippen LogP contribution in [-0.4, -0.2) is 63.2 Å². The van der Waals surface area contributed by atoms with Crippen LogP contribution in [0.2, 0.25) is 0 Å². The largest absolute Gasteiger partial charge is 0.480 e. The van der Waals surface area contributed by atoms with Gasteiger partial charge in [-0.1, -0.05) is 113 Å². The van der Waals surface area contributed by atoms with Gasteiger partial charge in [-0.2, -0.15) is 0 Å². The Balaban J connectivity index is 1.56. The maximum atomic E-state index is 14.4. The molecule has 0 saturated carbocycles. The average Bonchev–Trinajstić information content (AvgIpc) is 3.60. The molecule has 0 spiro atoms. The molecule has 1 heterocycles. The van der Waals surface area contributed by atoms with Crippen LogP contribution in [0.15, 0.2) is 79.0 Å². The summed E-state index contributed by atoms with van der Waals surface area (Å²) in [7, 11) is 0. The molecule has 312 valence electrons. The fraction of sp³-hybridized carbons (Fsp3) is 0.479. The van der Waals surface area contributed by atoms with Crippen molar-refractivity contribution in [3.05, 3.63) is 95.7 Å². The summed E-state index contributed by atoms with van der Waals surface area (Å²) in [6.07, 6.45) is 6.94. The summed E-state index contributed by atoms with van der Waals surface area (Å²) < 4.78 is 6.19. The number of ketones is 2. The molecule has 0 bridgehead atoms. The van der Waals surface area contributed by atoms with Gasteiger partial charge in [0, 0.05) is 47.3 Å². The molecule has 0 aliphatic heterocycles. The number of carbonyl (C=O) groups excluding carboxylic acids is 4. The number of aromatic amines is 1. The highest BCUT2D eigenvalue weighted by Crippen LogP contribution is 2.26. The van der Waals surface area contributed by atoms with Crippen molar-refractivity contribution in [2.75, 3.05) is 0 Å². The zero-order chi connectivity index (χ0) is 42.4. The number of nitrogens with one attached hydrogen (secondary N) is 3. The van der Waals surface area contributed by atoms with Crippen LogP contribution >= 0.6 is 0 Å². The van der Waals surface area contributed by atoms with Crippen molar-refractivity contribution >= 4 is 40.3 Å². The van der Waals surface area contributed by atoms with E-state index in [1.165, 1.54) is 5.56 Å². The number of Topliss-reactive ketones (excluding diaryl/α,β-unsaturated/α-hetero) is 2. The SMILES string of the molecule is CCCCC[C@H](NC(=O)[C@H](C)CC(=O)[C@@H](NC(=O)[C@@H](CC(=O)c1ccc(-c2ccc(CCCC)cc2)cc1)Cc1c[nH]c2ccccc12)[C@@H](C)OC(C)(C)C)C(=O)O. The summed E-state index contributed by atoms with van der Waals surface area (Å²) in [6, 6.07) is 21.4. The molecule has 2 amide bonds. The Morgan fingerprint density at radius 2 is 1.41 bits per heavy atom. The molecule has 0 unspecified atom stereocenters. The second-order valence-electron chi connectivity index (χ2n) is 16.7. The summed E-state index contributed by atoms with van der Waals surface area (Å²) >= 11 is 0. The second-order valence-corrected chi connectivity index (χ2v) is 16.7. The molecule has 10 nitrogen and oxygen atoms in total. The van der Waals surface area contributed by atoms with Gasteiger partial charge in [0.1, 0.15) is 12.1 Å². The van der Waals surface area contributed by atoms with Crippen molar-refractivity contribution in [1.29, 1.82) is 0 Å². The smallest absolute Gasteiger partial charge is 0.326 e. The van der Waals surface area contributed by atoms with E-state index in [1.807, 2.05) is 70.3 Å². The molecular weight excluding hydrogens is 731 g/mol. The lowest BCUT2D eigenvalue weighted by Crippen LogP contribution is -2.53. The number of unbranched alkanes of at least 4 members (excludes halogenated alkanes) is 3. The molecule has 0 saturated heterocycles. The summed E-state index contributed by atoms with van der Waals surface area (Å²) in [5.41, 5.74) is 4.91. The average molecular weight is 794 g/mol. The minimum Gasteiger partial charge on any atom is -0.480 e. The van der Waals surface area contributed by atoms with Gasteiger partial charge in [-0.15, -0.1) is 0 Å². The van der Waals surface area contributed by atoms with Crippen molar-refractivity contribution in [3.8, 4) is 11.1 Å². The van der Waals surface area contributed by atoms with Gasteiger partial charge in [-0.3, -0.25) is 19.2 Å². The topological polar surface area (TPSA) is 155 Å².